The van der Waals surface area contributed by atoms with Crippen LogP contribution in [0.1, 0.15) is 5.56 Å². The molecule has 0 aliphatic rings. The second-order valence-corrected chi connectivity index (χ2v) is 3.48. The van der Waals surface area contributed by atoms with E-state index < -0.39 is 6.16 Å². The summed E-state index contributed by atoms with van der Waals surface area (Å²) in [5.74, 6) is 0.0176. The molecule has 2 aromatic rings. The highest BCUT2D eigenvalue weighted by Crippen LogP contribution is 2.20. The molecule has 0 saturated heterocycles. The maximum atomic E-state index is 10.4. The highest BCUT2D eigenvalue weighted by atomic mass is 16.7. The van der Waals surface area contributed by atoms with Gasteiger partial charge in [0.2, 0.25) is 5.88 Å². The maximum Gasteiger partial charge on any atom is 0.512 e. The number of nitrogens with zero attached hydrogens (tertiary/aromatic N) is 2. The molecule has 1 N–H and O–H groups in total. The molecule has 5 heteroatoms. The van der Waals surface area contributed by atoms with Crippen LogP contribution < -0.4 is 4.74 Å². The Hall–Kier alpha value is -2.43. The quantitative estimate of drug-likeness (QED) is 0.802. The van der Waals surface area contributed by atoms with Crippen molar-refractivity contribution >= 4 is 6.16 Å². The Morgan fingerprint density at radius 1 is 1.29 bits per heavy atom. The van der Waals surface area contributed by atoms with Gasteiger partial charge in [-0.2, -0.15) is 0 Å². The molecular weight excluding hydrogens is 220 g/mol. The van der Waals surface area contributed by atoms with Crippen molar-refractivity contribution in [3.8, 4) is 17.1 Å². The molecule has 0 spiro atoms. The van der Waals surface area contributed by atoms with Crippen LogP contribution in [-0.4, -0.2) is 21.2 Å². The third kappa shape index (κ3) is 2.78. The monoisotopic (exact) mass is 230 g/mol. The van der Waals surface area contributed by atoms with Gasteiger partial charge in [0.15, 0.2) is 0 Å². The van der Waals surface area contributed by atoms with Gasteiger partial charge >= 0.3 is 6.16 Å². The van der Waals surface area contributed by atoms with Crippen molar-refractivity contribution in [2.75, 3.05) is 0 Å². The summed E-state index contributed by atoms with van der Waals surface area (Å²) >= 11 is 0. The predicted molar refractivity (Wildman–Crippen MR) is 60.9 cm³/mol. The van der Waals surface area contributed by atoms with Crippen molar-refractivity contribution in [2.24, 2.45) is 0 Å². The second-order valence-electron chi connectivity index (χ2n) is 3.48. The van der Waals surface area contributed by atoms with Crippen molar-refractivity contribution in [3.05, 3.63) is 42.2 Å². The zero-order chi connectivity index (χ0) is 12.3. The van der Waals surface area contributed by atoms with Gasteiger partial charge in [-0.15, -0.1) is 0 Å². The number of carboxylic acid groups (broad SMARTS) is 1. The van der Waals surface area contributed by atoms with E-state index >= 15 is 0 Å². The summed E-state index contributed by atoms with van der Waals surface area (Å²) in [6, 6.07) is 9.21. The van der Waals surface area contributed by atoms with Crippen LogP contribution >= 0.6 is 0 Å². The van der Waals surface area contributed by atoms with Crippen LogP contribution in [0.5, 0.6) is 5.88 Å². The molecule has 0 aliphatic heterocycles. The fourth-order valence-corrected chi connectivity index (χ4v) is 1.45. The molecule has 0 fully saturated rings. The van der Waals surface area contributed by atoms with Crippen LogP contribution in [0.25, 0.3) is 11.3 Å². The number of hydrogen-bond donors (Lipinski definition) is 1. The molecule has 5 nitrogen and oxygen atoms in total. The lowest BCUT2D eigenvalue weighted by Gasteiger charge is -2.03. The first-order valence-corrected chi connectivity index (χ1v) is 4.95. The molecule has 0 bridgehead atoms. The molecule has 1 heterocycles. The fraction of sp³-hybridized carbons (Fsp3) is 0.0833. The third-order valence-electron chi connectivity index (χ3n) is 2.15. The second kappa shape index (κ2) is 4.61. The molecule has 0 radical (unpaired) electrons. The van der Waals surface area contributed by atoms with Gasteiger partial charge in [-0.3, -0.25) is 0 Å². The van der Waals surface area contributed by atoms with Crippen molar-refractivity contribution in [2.45, 2.75) is 6.92 Å². The van der Waals surface area contributed by atoms with E-state index in [0.717, 1.165) is 11.1 Å². The van der Waals surface area contributed by atoms with Gasteiger partial charge in [-0.25, -0.2) is 14.8 Å². The minimum absolute atomic E-state index is 0.0176. The van der Waals surface area contributed by atoms with Crippen LogP contribution in [0, 0.1) is 6.92 Å². The molecule has 2 rings (SSSR count). The van der Waals surface area contributed by atoms with E-state index in [-0.39, 0.29) is 5.88 Å². The minimum Gasteiger partial charge on any atom is -0.449 e. The van der Waals surface area contributed by atoms with Gasteiger partial charge in [-0.05, 0) is 13.0 Å². The first-order valence-electron chi connectivity index (χ1n) is 4.95. The number of aryl methyl sites for hydroxylation is 1. The summed E-state index contributed by atoms with van der Waals surface area (Å²) in [4.78, 5) is 18.2. The normalized spacial score (nSPS) is 9.94. The Morgan fingerprint density at radius 2 is 2.12 bits per heavy atom. The Labute approximate surface area is 97.7 Å². The van der Waals surface area contributed by atoms with E-state index in [4.69, 9.17) is 5.11 Å². The Morgan fingerprint density at radius 3 is 2.82 bits per heavy atom. The van der Waals surface area contributed by atoms with Crippen molar-refractivity contribution < 1.29 is 14.6 Å². The Kier molecular flexibility index (Phi) is 3.00. The Bertz CT molecular complexity index is 555. The van der Waals surface area contributed by atoms with Gasteiger partial charge in [0.25, 0.3) is 0 Å². The van der Waals surface area contributed by atoms with E-state index in [0.29, 0.717) is 5.69 Å². The third-order valence-corrected chi connectivity index (χ3v) is 2.15. The molecule has 0 unspecified atom stereocenters. The van der Waals surface area contributed by atoms with Crippen molar-refractivity contribution in [1.82, 2.24) is 9.97 Å². The van der Waals surface area contributed by atoms with E-state index in [9.17, 15) is 4.79 Å². The highest BCUT2D eigenvalue weighted by molar-refractivity contribution is 5.63. The molecular formula is C12H10N2O3. The predicted octanol–water partition coefficient (Wildman–Crippen LogP) is 2.51. The molecule has 0 aliphatic carbocycles. The average molecular weight is 230 g/mol. The zero-order valence-corrected chi connectivity index (χ0v) is 9.12. The van der Waals surface area contributed by atoms with Gasteiger partial charge in [-0.1, -0.05) is 23.8 Å². The molecule has 0 saturated carbocycles. The lowest BCUT2D eigenvalue weighted by molar-refractivity contribution is 0.142. The standard InChI is InChI=1S/C12H10N2O3/c1-8-3-2-4-9(5-8)10-6-11(14-7-13-10)17-12(15)16/h2-7H,1H3,(H,15,16). The molecule has 17 heavy (non-hydrogen) atoms. The number of carbonyl (C=O) groups is 1. The van der Waals surface area contributed by atoms with Gasteiger partial charge in [0.05, 0.1) is 5.69 Å². The fourth-order valence-electron chi connectivity index (χ4n) is 1.45. The maximum absolute atomic E-state index is 10.4. The molecule has 1 aromatic carbocycles. The van der Waals surface area contributed by atoms with Gasteiger partial charge in [0, 0.05) is 11.6 Å². The number of aromatic nitrogens is 2. The lowest BCUT2D eigenvalue weighted by atomic mass is 10.1. The summed E-state index contributed by atoms with van der Waals surface area (Å²) in [6.07, 6.45) is -0.116. The summed E-state index contributed by atoms with van der Waals surface area (Å²) < 4.78 is 4.47. The molecule has 86 valence electrons. The first kappa shape index (κ1) is 11.1. The summed E-state index contributed by atoms with van der Waals surface area (Å²) in [5, 5.41) is 8.49. The van der Waals surface area contributed by atoms with Crippen LogP contribution in [0.15, 0.2) is 36.7 Å². The van der Waals surface area contributed by atoms with Crippen LogP contribution in [-0.2, 0) is 0 Å². The van der Waals surface area contributed by atoms with Crippen molar-refractivity contribution in [3.63, 3.8) is 0 Å². The number of rotatable bonds is 2. The zero-order valence-electron chi connectivity index (χ0n) is 9.12. The van der Waals surface area contributed by atoms with Crippen LogP contribution in [0.4, 0.5) is 4.79 Å². The van der Waals surface area contributed by atoms with E-state index in [1.807, 2.05) is 31.2 Å². The molecule has 0 amide bonds. The number of ether oxygens (including phenoxy) is 1. The Balaban J connectivity index is 2.36. The topological polar surface area (TPSA) is 72.3 Å². The molecule has 0 atom stereocenters. The summed E-state index contributed by atoms with van der Waals surface area (Å²) in [7, 11) is 0. The summed E-state index contributed by atoms with van der Waals surface area (Å²) in [6.45, 7) is 1.97. The number of hydrogen-bond acceptors (Lipinski definition) is 4. The largest absolute Gasteiger partial charge is 0.512 e. The van der Waals surface area contributed by atoms with E-state index in [2.05, 4.69) is 14.7 Å². The number of benzene rings is 1. The molecule has 1 aromatic heterocycles. The summed E-state index contributed by atoms with van der Waals surface area (Å²) in [5.41, 5.74) is 2.62. The van der Waals surface area contributed by atoms with Crippen molar-refractivity contribution in [1.29, 1.82) is 0 Å². The SMILES string of the molecule is Cc1cccc(-c2cc(OC(=O)O)ncn2)c1. The van der Waals surface area contributed by atoms with Crippen LogP contribution in [0.2, 0.25) is 0 Å². The van der Waals surface area contributed by atoms with E-state index in [1.165, 1.54) is 12.4 Å². The smallest absolute Gasteiger partial charge is 0.449 e. The van der Waals surface area contributed by atoms with Gasteiger partial charge < -0.3 is 9.84 Å². The average Bonchev–Trinajstić information content (AvgIpc) is 2.28. The van der Waals surface area contributed by atoms with Gasteiger partial charge in [0.1, 0.15) is 6.33 Å². The lowest BCUT2D eigenvalue weighted by Crippen LogP contribution is -2.04. The van der Waals surface area contributed by atoms with E-state index in [1.54, 1.807) is 0 Å². The minimum atomic E-state index is -1.39. The highest BCUT2D eigenvalue weighted by Gasteiger charge is 2.06. The van der Waals surface area contributed by atoms with Crippen LogP contribution in [0.3, 0.4) is 0 Å². The first-order chi connectivity index (χ1) is 8.15.